The molecule has 0 N–H and O–H groups in total. The normalized spacial score (nSPS) is 11.2. The van der Waals surface area contributed by atoms with Crippen molar-refractivity contribution in [2.75, 3.05) is 0 Å². The summed E-state index contributed by atoms with van der Waals surface area (Å²) in [6.45, 7) is 4.41. The zero-order valence-electron chi connectivity index (χ0n) is 19.3. The number of unbranched alkanes of at least 4 members (excludes halogenated alkanes) is 5. The topological polar surface area (TPSA) is 26.3 Å². The lowest BCUT2D eigenvalue weighted by Gasteiger charge is -2.06. The maximum absolute atomic E-state index is 12.0. The summed E-state index contributed by atoms with van der Waals surface area (Å²) in [5, 5.41) is 0.631. The number of esters is 1. The van der Waals surface area contributed by atoms with Crippen LogP contribution in [0.1, 0.15) is 64.4 Å². The van der Waals surface area contributed by atoms with Crippen LogP contribution in [0.3, 0.4) is 0 Å². The predicted molar refractivity (Wildman–Crippen MR) is 137 cm³/mol. The highest BCUT2D eigenvalue weighted by molar-refractivity contribution is 7.17. The molecule has 0 aliphatic rings. The van der Waals surface area contributed by atoms with Gasteiger partial charge in [0.25, 0.3) is 0 Å². The Morgan fingerprint density at radius 1 is 0.781 bits per heavy atom. The van der Waals surface area contributed by atoms with Crippen molar-refractivity contribution in [1.29, 1.82) is 0 Å². The van der Waals surface area contributed by atoms with Crippen molar-refractivity contribution >= 4 is 17.3 Å². The van der Waals surface area contributed by atoms with Crippen LogP contribution >= 0.6 is 11.3 Å². The monoisotopic (exact) mass is 446 g/mol. The molecular formula is C29H34O2S. The first-order valence-electron chi connectivity index (χ1n) is 11.9. The van der Waals surface area contributed by atoms with Gasteiger partial charge in [-0.3, -0.25) is 0 Å². The van der Waals surface area contributed by atoms with Gasteiger partial charge in [-0.25, -0.2) is 4.79 Å². The molecule has 3 aromatic rings. The number of benzene rings is 2. The fraction of sp³-hybridized carbons (Fsp3) is 0.345. The number of rotatable bonds is 12. The van der Waals surface area contributed by atoms with Crippen molar-refractivity contribution in [2.24, 2.45) is 0 Å². The van der Waals surface area contributed by atoms with Crippen LogP contribution in [0.15, 0.2) is 72.8 Å². The lowest BCUT2D eigenvalue weighted by molar-refractivity contribution is -0.128. The third-order valence-electron chi connectivity index (χ3n) is 5.54. The summed E-state index contributed by atoms with van der Waals surface area (Å²) in [4.78, 5) is 13.1. The predicted octanol–water partition coefficient (Wildman–Crippen LogP) is 8.86. The van der Waals surface area contributed by atoms with E-state index >= 15 is 0 Å². The van der Waals surface area contributed by atoms with Crippen LogP contribution < -0.4 is 4.74 Å². The van der Waals surface area contributed by atoms with Gasteiger partial charge in [-0.1, -0.05) is 105 Å². The van der Waals surface area contributed by atoms with Crippen molar-refractivity contribution in [3.05, 3.63) is 78.4 Å². The molecule has 2 aromatic carbocycles. The minimum Gasteiger partial charge on any atom is -0.412 e. The minimum absolute atomic E-state index is 0.302. The largest absolute Gasteiger partial charge is 0.412 e. The Kier molecular flexibility index (Phi) is 9.77. The number of hydrogen-bond acceptors (Lipinski definition) is 3. The van der Waals surface area contributed by atoms with Crippen LogP contribution in [0.25, 0.3) is 21.6 Å². The molecule has 0 aliphatic carbocycles. The highest BCUT2D eigenvalue weighted by atomic mass is 32.1. The average molecular weight is 447 g/mol. The zero-order valence-corrected chi connectivity index (χ0v) is 20.1. The third kappa shape index (κ3) is 7.49. The summed E-state index contributed by atoms with van der Waals surface area (Å²) < 4.78 is 5.46. The quantitative estimate of drug-likeness (QED) is 0.158. The summed E-state index contributed by atoms with van der Waals surface area (Å²) in [5.74, 6) is -0.302. The van der Waals surface area contributed by atoms with Crippen LogP contribution in [0.5, 0.6) is 5.06 Å². The fourth-order valence-electron chi connectivity index (χ4n) is 3.62. The number of allylic oxidation sites excluding steroid dienone is 1. The number of aryl methyl sites for hydroxylation is 1. The fourth-order valence-corrected chi connectivity index (χ4v) is 4.49. The molecule has 1 heterocycles. The van der Waals surface area contributed by atoms with Crippen molar-refractivity contribution in [3.63, 3.8) is 0 Å². The molecule has 0 unspecified atom stereocenters. The molecule has 32 heavy (non-hydrogen) atoms. The molecule has 3 heteroatoms. The zero-order chi connectivity index (χ0) is 22.6. The molecule has 0 spiro atoms. The standard InChI is InChI=1S/C29H34O2S/c1-3-5-7-8-10-12-28(30)31-29-22-21-27(32-29)26-19-17-25(18-20-26)24-15-13-23(14-16-24)11-9-6-4-2/h10,12-22H,3-9,11H2,1-2H3/b12-10+. The lowest BCUT2D eigenvalue weighted by atomic mass is 10.0. The molecule has 0 radical (unpaired) electrons. The Morgan fingerprint density at radius 3 is 2.09 bits per heavy atom. The molecule has 3 rings (SSSR count). The van der Waals surface area contributed by atoms with E-state index in [0.29, 0.717) is 5.06 Å². The van der Waals surface area contributed by atoms with Gasteiger partial charge in [-0.15, -0.1) is 0 Å². The van der Waals surface area contributed by atoms with Crippen LogP contribution in [0, 0.1) is 0 Å². The number of ether oxygens (including phenoxy) is 1. The third-order valence-corrected chi connectivity index (χ3v) is 6.55. The van der Waals surface area contributed by atoms with Crippen LogP contribution in [-0.4, -0.2) is 5.97 Å². The first-order chi connectivity index (χ1) is 15.7. The van der Waals surface area contributed by atoms with E-state index in [2.05, 4.69) is 62.4 Å². The minimum atomic E-state index is -0.302. The van der Waals surface area contributed by atoms with Crippen molar-refractivity contribution < 1.29 is 9.53 Å². The highest BCUT2D eigenvalue weighted by Gasteiger charge is 2.07. The van der Waals surface area contributed by atoms with E-state index in [1.54, 1.807) is 6.08 Å². The molecule has 168 valence electrons. The Bertz CT molecular complexity index is 981. The van der Waals surface area contributed by atoms with E-state index in [1.165, 1.54) is 60.1 Å². The summed E-state index contributed by atoms with van der Waals surface area (Å²) in [5.41, 5.74) is 5.00. The average Bonchev–Trinajstić information content (AvgIpc) is 3.28. The van der Waals surface area contributed by atoms with Crippen LogP contribution in [0.4, 0.5) is 0 Å². The van der Waals surface area contributed by atoms with Gasteiger partial charge in [0, 0.05) is 11.0 Å². The Morgan fingerprint density at radius 2 is 1.41 bits per heavy atom. The van der Waals surface area contributed by atoms with E-state index < -0.39 is 0 Å². The molecule has 0 atom stereocenters. The van der Waals surface area contributed by atoms with Crippen molar-refractivity contribution in [3.8, 4) is 26.6 Å². The van der Waals surface area contributed by atoms with Crippen molar-refractivity contribution in [1.82, 2.24) is 0 Å². The van der Waals surface area contributed by atoms with E-state index in [0.717, 1.165) is 29.7 Å². The van der Waals surface area contributed by atoms with Gasteiger partial charge in [0.2, 0.25) is 0 Å². The van der Waals surface area contributed by atoms with Gasteiger partial charge in [0.15, 0.2) is 5.06 Å². The van der Waals surface area contributed by atoms with E-state index in [-0.39, 0.29) is 5.97 Å². The second-order valence-corrected chi connectivity index (χ2v) is 9.22. The molecule has 0 amide bonds. The molecule has 0 saturated heterocycles. The van der Waals surface area contributed by atoms with Gasteiger partial charge in [-0.2, -0.15) is 0 Å². The van der Waals surface area contributed by atoms with E-state index in [4.69, 9.17) is 4.74 Å². The second kappa shape index (κ2) is 13.0. The summed E-state index contributed by atoms with van der Waals surface area (Å²) >= 11 is 1.50. The number of hydrogen-bond donors (Lipinski definition) is 0. The number of carbonyl (C=O) groups is 1. The van der Waals surface area contributed by atoms with Crippen LogP contribution in [0.2, 0.25) is 0 Å². The second-order valence-electron chi connectivity index (χ2n) is 8.17. The molecule has 0 aliphatic heterocycles. The first kappa shape index (κ1) is 24.0. The SMILES string of the molecule is CCCCC/C=C/C(=O)Oc1ccc(-c2ccc(-c3ccc(CCCCC)cc3)cc2)s1. The van der Waals surface area contributed by atoms with Gasteiger partial charge < -0.3 is 4.74 Å². The van der Waals surface area contributed by atoms with Gasteiger partial charge in [0.05, 0.1) is 0 Å². The molecular weight excluding hydrogens is 412 g/mol. The smallest absolute Gasteiger partial charge is 0.336 e. The number of thiophene rings is 1. The number of carbonyl (C=O) groups excluding carboxylic acids is 1. The molecule has 0 saturated carbocycles. The highest BCUT2D eigenvalue weighted by Crippen LogP contribution is 2.34. The van der Waals surface area contributed by atoms with Crippen molar-refractivity contribution in [2.45, 2.75) is 65.2 Å². The summed E-state index contributed by atoms with van der Waals surface area (Å²) in [7, 11) is 0. The van der Waals surface area contributed by atoms with E-state index in [9.17, 15) is 4.79 Å². The maximum atomic E-state index is 12.0. The molecule has 0 bridgehead atoms. The van der Waals surface area contributed by atoms with Gasteiger partial charge in [-0.05, 0) is 60.1 Å². The van der Waals surface area contributed by atoms with Crippen LogP contribution in [-0.2, 0) is 11.2 Å². The summed E-state index contributed by atoms with van der Waals surface area (Å²) in [6.07, 6.45) is 12.8. The Balaban J connectivity index is 1.56. The van der Waals surface area contributed by atoms with Gasteiger partial charge >= 0.3 is 5.97 Å². The Labute approximate surface area is 197 Å². The molecule has 1 aromatic heterocycles. The van der Waals surface area contributed by atoms with Gasteiger partial charge in [0.1, 0.15) is 0 Å². The molecule has 0 fully saturated rings. The maximum Gasteiger partial charge on any atom is 0.336 e. The summed E-state index contributed by atoms with van der Waals surface area (Å²) in [6, 6.07) is 21.4. The lowest BCUT2D eigenvalue weighted by Crippen LogP contribution is -2.02. The molecule has 2 nitrogen and oxygen atoms in total. The van der Waals surface area contributed by atoms with E-state index in [1.807, 2.05) is 18.2 Å². The first-order valence-corrected chi connectivity index (χ1v) is 12.7. The Hall–Kier alpha value is -2.65.